The van der Waals surface area contributed by atoms with Crippen LogP contribution in [0.1, 0.15) is 11.1 Å². The van der Waals surface area contributed by atoms with E-state index < -0.39 is 0 Å². The van der Waals surface area contributed by atoms with Crippen LogP contribution in [0.15, 0.2) is 93.7 Å². The lowest BCUT2D eigenvalue weighted by Gasteiger charge is -2.08. The van der Waals surface area contributed by atoms with Crippen LogP contribution < -0.4 is 5.32 Å². The molecule has 1 aliphatic heterocycles. The molecule has 1 heterocycles. The van der Waals surface area contributed by atoms with Gasteiger partial charge in [0.15, 0.2) is 0 Å². The van der Waals surface area contributed by atoms with Gasteiger partial charge in [-0.3, -0.25) is 4.99 Å². The molecule has 4 rings (SSSR count). The van der Waals surface area contributed by atoms with Crippen molar-refractivity contribution in [3.63, 3.8) is 0 Å². The number of nitrogens with zero attached hydrogens (tertiary/aromatic N) is 1. The number of hydrogen-bond acceptors (Lipinski definition) is 3. The number of allylic oxidation sites excluding steroid dienone is 1. The molecule has 0 radical (unpaired) electrons. The highest BCUT2D eigenvalue weighted by atomic mass is 35.5. The van der Waals surface area contributed by atoms with Gasteiger partial charge in [0.2, 0.25) is 0 Å². The van der Waals surface area contributed by atoms with Crippen molar-refractivity contribution in [2.75, 3.05) is 18.4 Å². The average molecular weight is 391 g/mol. The number of para-hydroxylation sites is 1. The topological polar surface area (TPSA) is 24.4 Å². The Bertz CT molecular complexity index is 993. The Labute approximate surface area is 169 Å². The van der Waals surface area contributed by atoms with Crippen molar-refractivity contribution in [3.8, 4) is 0 Å². The van der Waals surface area contributed by atoms with Crippen molar-refractivity contribution in [1.82, 2.24) is 0 Å². The Morgan fingerprint density at radius 3 is 2.56 bits per heavy atom. The Balaban J connectivity index is 1.61. The summed E-state index contributed by atoms with van der Waals surface area (Å²) in [7, 11) is 0. The van der Waals surface area contributed by atoms with Gasteiger partial charge >= 0.3 is 0 Å². The standard InChI is InChI=1S/C23H19ClN2S/c24-18-10-12-19(13-11-18)27-23-8-4-1-5-17(23)9-14-22-20-6-2-3-7-21(20)25-15-16-26-22/h1-14,25H,15-16H2/b14-9+. The summed E-state index contributed by atoms with van der Waals surface area (Å²) < 4.78 is 0. The second-order valence-corrected chi connectivity index (χ2v) is 7.72. The fourth-order valence-electron chi connectivity index (χ4n) is 2.96. The number of fused-ring (bicyclic) bond motifs is 1. The van der Waals surface area contributed by atoms with Crippen LogP contribution >= 0.6 is 23.4 Å². The van der Waals surface area contributed by atoms with E-state index in [4.69, 9.17) is 16.6 Å². The van der Waals surface area contributed by atoms with E-state index >= 15 is 0 Å². The van der Waals surface area contributed by atoms with E-state index in [0.717, 1.165) is 35.1 Å². The predicted molar refractivity (Wildman–Crippen MR) is 117 cm³/mol. The van der Waals surface area contributed by atoms with Crippen LogP contribution in [-0.2, 0) is 0 Å². The third-order valence-electron chi connectivity index (χ3n) is 4.29. The third kappa shape index (κ3) is 4.44. The number of aliphatic imine (C=N–C) groups is 1. The molecule has 0 amide bonds. The molecule has 0 unspecified atom stereocenters. The van der Waals surface area contributed by atoms with Crippen LogP contribution in [0.25, 0.3) is 6.08 Å². The summed E-state index contributed by atoms with van der Waals surface area (Å²) in [4.78, 5) is 7.12. The number of hydrogen-bond donors (Lipinski definition) is 1. The molecule has 4 heteroatoms. The van der Waals surface area contributed by atoms with Crippen molar-refractivity contribution in [2.45, 2.75) is 9.79 Å². The van der Waals surface area contributed by atoms with Gasteiger partial charge in [-0.25, -0.2) is 0 Å². The number of nitrogens with one attached hydrogen (secondary N) is 1. The molecule has 134 valence electrons. The van der Waals surface area contributed by atoms with Crippen LogP contribution in [0.4, 0.5) is 5.69 Å². The van der Waals surface area contributed by atoms with Crippen molar-refractivity contribution >= 4 is 40.8 Å². The van der Waals surface area contributed by atoms with Gasteiger partial charge in [0.1, 0.15) is 0 Å². The second-order valence-electron chi connectivity index (χ2n) is 6.17. The molecule has 2 nitrogen and oxygen atoms in total. The van der Waals surface area contributed by atoms with Crippen LogP contribution in [-0.4, -0.2) is 18.8 Å². The van der Waals surface area contributed by atoms with Gasteiger partial charge in [0.25, 0.3) is 0 Å². The highest BCUT2D eigenvalue weighted by Crippen LogP contribution is 2.32. The Hall–Kier alpha value is -2.49. The van der Waals surface area contributed by atoms with Gasteiger partial charge in [0, 0.05) is 32.6 Å². The molecule has 1 N–H and O–H groups in total. The largest absolute Gasteiger partial charge is 0.383 e. The van der Waals surface area contributed by atoms with E-state index in [1.807, 2.05) is 24.3 Å². The number of halogens is 1. The highest BCUT2D eigenvalue weighted by molar-refractivity contribution is 7.99. The summed E-state index contributed by atoms with van der Waals surface area (Å²) in [6.45, 7) is 1.63. The molecule has 0 saturated carbocycles. The minimum Gasteiger partial charge on any atom is -0.383 e. The smallest absolute Gasteiger partial charge is 0.0668 e. The van der Waals surface area contributed by atoms with Crippen molar-refractivity contribution in [2.24, 2.45) is 4.99 Å². The molecule has 27 heavy (non-hydrogen) atoms. The van der Waals surface area contributed by atoms with Crippen molar-refractivity contribution in [3.05, 3.63) is 95.0 Å². The molecule has 0 spiro atoms. The number of anilines is 1. The lowest BCUT2D eigenvalue weighted by atomic mass is 10.1. The van der Waals surface area contributed by atoms with Crippen LogP contribution in [0.3, 0.4) is 0 Å². The number of benzene rings is 3. The highest BCUT2D eigenvalue weighted by Gasteiger charge is 2.09. The van der Waals surface area contributed by atoms with Gasteiger partial charge in [-0.1, -0.05) is 65.8 Å². The molecular formula is C23H19ClN2S. The first kappa shape index (κ1) is 17.9. The van der Waals surface area contributed by atoms with E-state index in [-0.39, 0.29) is 0 Å². The fourth-order valence-corrected chi connectivity index (χ4v) is 4.02. The maximum absolute atomic E-state index is 6.00. The average Bonchev–Trinajstić information content (AvgIpc) is 2.91. The van der Waals surface area contributed by atoms with E-state index in [9.17, 15) is 0 Å². The first-order valence-electron chi connectivity index (χ1n) is 8.88. The van der Waals surface area contributed by atoms with Gasteiger partial charge in [0.05, 0.1) is 12.3 Å². The van der Waals surface area contributed by atoms with Crippen molar-refractivity contribution in [1.29, 1.82) is 0 Å². The second kappa shape index (κ2) is 8.47. The summed E-state index contributed by atoms with van der Waals surface area (Å²) in [5.41, 5.74) is 4.48. The molecule has 3 aromatic rings. The first-order valence-corrected chi connectivity index (χ1v) is 10.1. The van der Waals surface area contributed by atoms with E-state index in [1.165, 1.54) is 15.4 Å². The van der Waals surface area contributed by atoms with E-state index in [2.05, 4.69) is 66.0 Å². The zero-order valence-corrected chi connectivity index (χ0v) is 16.3. The van der Waals surface area contributed by atoms with Gasteiger partial charge < -0.3 is 5.32 Å². The zero-order chi connectivity index (χ0) is 18.5. The van der Waals surface area contributed by atoms with Crippen LogP contribution in [0, 0.1) is 0 Å². The first-order chi connectivity index (χ1) is 13.3. The molecule has 0 aromatic heterocycles. The molecular weight excluding hydrogens is 372 g/mol. The predicted octanol–water partition coefficient (Wildman–Crippen LogP) is 6.42. The number of rotatable bonds is 4. The molecule has 0 saturated heterocycles. The van der Waals surface area contributed by atoms with Crippen LogP contribution in [0.2, 0.25) is 5.02 Å². The summed E-state index contributed by atoms with van der Waals surface area (Å²) in [6.07, 6.45) is 4.27. The quantitative estimate of drug-likeness (QED) is 0.555. The molecule has 0 atom stereocenters. The Kier molecular flexibility index (Phi) is 5.61. The molecule has 1 aliphatic rings. The molecule has 3 aromatic carbocycles. The SMILES string of the molecule is Clc1ccc(Sc2ccccc2/C=C/C2=NCCNc3ccccc32)cc1. The summed E-state index contributed by atoms with van der Waals surface area (Å²) in [6, 6.07) is 24.7. The Morgan fingerprint density at radius 1 is 0.889 bits per heavy atom. The van der Waals surface area contributed by atoms with Gasteiger partial charge in [-0.2, -0.15) is 0 Å². The lowest BCUT2D eigenvalue weighted by molar-refractivity contribution is 1.04. The van der Waals surface area contributed by atoms with Crippen LogP contribution in [0.5, 0.6) is 0 Å². The minimum absolute atomic E-state index is 0.756. The maximum atomic E-state index is 6.00. The van der Waals surface area contributed by atoms with Crippen molar-refractivity contribution < 1.29 is 0 Å². The monoisotopic (exact) mass is 390 g/mol. The molecule has 0 fully saturated rings. The van der Waals surface area contributed by atoms with Gasteiger partial charge in [-0.15, -0.1) is 0 Å². The lowest BCUT2D eigenvalue weighted by Crippen LogP contribution is -2.03. The van der Waals surface area contributed by atoms with Gasteiger partial charge in [-0.05, 0) is 48.0 Å². The molecule has 0 bridgehead atoms. The third-order valence-corrected chi connectivity index (χ3v) is 5.65. The van der Waals surface area contributed by atoms with E-state index in [1.54, 1.807) is 11.8 Å². The summed E-state index contributed by atoms with van der Waals surface area (Å²) in [5.74, 6) is 0. The molecule has 0 aliphatic carbocycles. The Morgan fingerprint density at radius 2 is 1.67 bits per heavy atom. The van der Waals surface area contributed by atoms with E-state index in [0.29, 0.717) is 0 Å². The minimum atomic E-state index is 0.756. The zero-order valence-electron chi connectivity index (χ0n) is 14.7. The number of benzodiazepines with no additional fused rings is 1. The summed E-state index contributed by atoms with van der Waals surface area (Å²) >= 11 is 7.73. The fraction of sp³-hybridized carbons (Fsp3) is 0.0870. The summed E-state index contributed by atoms with van der Waals surface area (Å²) in [5, 5.41) is 4.19. The normalized spacial score (nSPS) is 13.6. The maximum Gasteiger partial charge on any atom is 0.0668 e.